The number of rotatable bonds is 4. The first-order chi connectivity index (χ1) is 8.94. The van der Waals surface area contributed by atoms with Crippen molar-refractivity contribution < 1.29 is 17.7 Å². The van der Waals surface area contributed by atoms with E-state index in [9.17, 15) is 13.0 Å². The first kappa shape index (κ1) is 13.5. The smallest absolute Gasteiger partial charge is 0.197 e. The molecule has 7 nitrogen and oxygen atoms in total. The molecule has 0 saturated heterocycles. The van der Waals surface area contributed by atoms with E-state index in [-0.39, 0.29) is 6.54 Å². The highest BCUT2D eigenvalue weighted by atomic mass is 32.2. The standard InChI is InChI=1S/C11H12N4O3S/c1-9-6-13-11(8-12-9)10-2-3-15(14-7-10)4-5-19(16,17)18/h2-3,6-8H,4-5H2,1H3. The van der Waals surface area contributed by atoms with Gasteiger partial charge in [-0.1, -0.05) is 4.68 Å². The lowest BCUT2D eigenvalue weighted by atomic mass is 10.2. The molecule has 0 saturated carbocycles. The number of nitrogens with zero attached hydrogens (tertiary/aromatic N) is 4. The lowest BCUT2D eigenvalue weighted by molar-refractivity contribution is -0.750. The van der Waals surface area contributed by atoms with Crippen LogP contribution in [0.5, 0.6) is 0 Å². The normalized spacial score (nSPS) is 11.5. The lowest BCUT2D eigenvalue weighted by Crippen LogP contribution is -2.40. The van der Waals surface area contributed by atoms with Gasteiger partial charge in [0, 0.05) is 17.8 Å². The van der Waals surface area contributed by atoms with Crippen molar-refractivity contribution in [1.82, 2.24) is 15.1 Å². The summed E-state index contributed by atoms with van der Waals surface area (Å²) < 4.78 is 32.9. The summed E-state index contributed by atoms with van der Waals surface area (Å²) in [5.74, 6) is -0.478. The zero-order chi connectivity index (χ0) is 13.9. The summed E-state index contributed by atoms with van der Waals surface area (Å²) in [6, 6.07) is 1.74. The number of hydrogen-bond donors (Lipinski definition) is 0. The summed E-state index contributed by atoms with van der Waals surface area (Å²) in [5.41, 5.74) is 2.28. The number of hydrogen-bond acceptors (Lipinski definition) is 6. The summed E-state index contributed by atoms with van der Waals surface area (Å²) in [6.45, 7) is 1.88. The number of aromatic nitrogens is 4. The molecule has 8 heteroatoms. The predicted octanol–water partition coefficient (Wildman–Crippen LogP) is -0.320. The summed E-state index contributed by atoms with van der Waals surface area (Å²) in [5, 5.41) is 4.03. The highest BCUT2D eigenvalue weighted by Gasteiger charge is 2.07. The average molecular weight is 280 g/mol. The van der Waals surface area contributed by atoms with Crippen LogP contribution in [-0.2, 0) is 16.7 Å². The first-order valence-corrected chi connectivity index (χ1v) is 7.10. The monoisotopic (exact) mass is 280 g/mol. The molecule has 0 atom stereocenters. The summed E-state index contributed by atoms with van der Waals surface area (Å²) >= 11 is 0. The summed E-state index contributed by atoms with van der Waals surface area (Å²) in [4.78, 5) is 8.33. The minimum atomic E-state index is -4.22. The van der Waals surface area contributed by atoms with Gasteiger partial charge in [-0.3, -0.25) is 9.97 Å². The van der Waals surface area contributed by atoms with Gasteiger partial charge in [-0.05, 0) is 12.0 Å². The van der Waals surface area contributed by atoms with Crippen molar-refractivity contribution in [2.24, 2.45) is 0 Å². The van der Waals surface area contributed by atoms with Crippen LogP contribution in [0.15, 0.2) is 30.9 Å². The fraction of sp³-hybridized carbons (Fsp3) is 0.273. The van der Waals surface area contributed by atoms with Crippen LogP contribution in [-0.4, -0.2) is 33.8 Å². The molecule has 0 spiro atoms. The molecular formula is C11H12N4O3S. The zero-order valence-corrected chi connectivity index (χ0v) is 11.0. The third kappa shape index (κ3) is 4.04. The van der Waals surface area contributed by atoms with Crippen molar-refractivity contribution in [3.63, 3.8) is 0 Å². The Bertz CT molecular complexity index is 653. The molecule has 2 rings (SSSR count). The maximum atomic E-state index is 10.5. The molecule has 19 heavy (non-hydrogen) atoms. The Morgan fingerprint density at radius 2 is 2.05 bits per heavy atom. The van der Waals surface area contributed by atoms with Crippen LogP contribution in [0.25, 0.3) is 11.3 Å². The molecule has 0 bridgehead atoms. The summed E-state index contributed by atoms with van der Waals surface area (Å²) in [7, 11) is -4.22. The SMILES string of the molecule is Cc1cnc(-c2cc[n+](CCS(=O)(=O)[O-])nc2)cn1. The maximum Gasteiger partial charge on any atom is 0.197 e. The second kappa shape index (κ2) is 5.37. The maximum absolute atomic E-state index is 10.5. The molecule has 0 aliphatic rings. The van der Waals surface area contributed by atoms with Crippen molar-refractivity contribution in [1.29, 1.82) is 0 Å². The van der Waals surface area contributed by atoms with Gasteiger partial charge in [0.1, 0.15) is 16.3 Å². The van der Waals surface area contributed by atoms with Gasteiger partial charge in [-0.15, -0.1) is 0 Å². The van der Waals surface area contributed by atoms with Crippen LogP contribution in [0.2, 0.25) is 0 Å². The van der Waals surface area contributed by atoms with E-state index in [1.807, 2.05) is 6.92 Å². The number of aryl methyl sites for hydroxylation is 2. The van der Waals surface area contributed by atoms with E-state index in [0.717, 1.165) is 11.3 Å². The lowest BCUT2D eigenvalue weighted by Gasteiger charge is -2.02. The molecule has 2 aromatic rings. The molecular weight excluding hydrogens is 268 g/mol. The van der Waals surface area contributed by atoms with Gasteiger partial charge in [-0.2, -0.15) is 0 Å². The van der Waals surface area contributed by atoms with Gasteiger partial charge in [0.05, 0.1) is 23.3 Å². The molecule has 0 aliphatic carbocycles. The van der Waals surface area contributed by atoms with E-state index in [0.29, 0.717) is 5.69 Å². The Morgan fingerprint density at radius 1 is 1.26 bits per heavy atom. The highest BCUT2D eigenvalue weighted by molar-refractivity contribution is 7.85. The van der Waals surface area contributed by atoms with E-state index in [2.05, 4.69) is 15.1 Å². The predicted molar refractivity (Wildman–Crippen MR) is 64.8 cm³/mol. The molecule has 2 heterocycles. The second-order valence-electron chi connectivity index (χ2n) is 3.98. The largest absolute Gasteiger partial charge is 0.748 e. The second-order valence-corrected chi connectivity index (χ2v) is 5.51. The Morgan fingerprint density at radius 3 is 2.58 bits per heavy atom. The van der Waals surface area contributed by atoms with Crippen LogP contribution in [0.3, 0.4) is 0 Å². The molecule has 0 amide bonds. The quantitative estimate of drug-likeness (QED) is 0.562. The Hall–Kier alpha value is -1.93. The molecule has 2 aromatic heterocycles. The Kier molecular flexibility index (Phi) is 3.82. The van der Waals surface area contributed by atoms with E-state index in [1.165, 1.54) is 4.68 Å². The fourth-order valence-corrected chi connectivity index (χ4v) is 1.83. The Labute approximate surface area is 110 Å². The fourth-order valence-electron chi connectivity index (χ4n) is 1.41. The van der Waals surface area contributed by atoms with Crippen LogP contribution < -0.4 is 4.68 Å². The molecule has 0 N–H and O–H groups in total. The van der Waals surface area contributed by atoms with Gasteiger partial charge < -0.3 is 4.55 Å². The summed E-state index contributed by atoms with van der Waals surface area (Å²) in [6.07, 6.45) is 6.44. The van der Waals surface area contributed by atoms with Crippen molar-refractivity contribution in [3.8, 4) is 11.3 Å². The third-order valence-electron chi connectivity index (χ3n) is 2.42. The van der Waals surface area contributed by atoms with Crippen molar-refractivity contribution in [2.45, 2.75) is 13.5 Å². The molecule has 100 valence electrons. The van der Waals surface area contributed by atoms with E-state index >= 15 is 0 Å². The van der Waals surface area contributed by atoms with Gasteiger partial charge >= 0.3 is 0 Å². The van der Waals surface area contributed by atoms with Gasteiger partial charge in [0.15, 0.2) is 12.7 Å². The molecule has 0 fully saturated rings. The molecule has 0 aromatic carbocycles. The molecule has 0 radical (unpaired) electrons. The van der Waals surface area contributed by atoms with Crippen molar-refractivity contribution >= 4 is 10.1 Å². The molecule has 0 aliphatic heterocycles. The van der Waals surface area contributed by atoms with Crippen LogP contribution in [0.4, 0.5) is 0 Å². The first-order valence-electron chi connectivity index (χ1n) is 5.52. The van der Waals surface area contributed by atoms with E-state index < -0.39 is 15.9 Å². The topological polar surface area (TPSA) is 99.8 Å². The van der Waals surface area contributed by atoms with Gasteiger partial charge in [0.2, 0.25) is 0 Å². The minimum Gasteiger partial charge on any atom is -0.748 e. The average Bonchev–Trinajstić information content (AvgIpc) is 2.37. The van der Waals surface area contributed by atoms with E-state index in [4.69, 9.17) is 0 Å². The minimum absolute atomic E-state index is 0.0334. The van der Waals surface area contributed by atoms with Crippen LogP contribution in [0, 0.1) is 6.92 Å². The van der Waals surface area contributed by atoms with Gasteiger partial charge in [-0.25, -0.2) is 8.42 Å². The molecule has 0 unspecified atom stereocenters. The van der Waals surface area contributed by atoms with Crippen molar-refractivity contribution in [2.75, 3.05) is 5.75 Å². The van der Waals surface area contributed by atoms with Crippen LogP contribution >= 0.6 is 0 Å². The van der Waals surface area contributed by atoms with Gasteiger partial charge in [0.25, 0.3) is 0 Å². The van der Waals surface area contributed by atoms with Crippen LogP contribution in [0.1, 0.15) is 5.69 Å². The van der Waals surface area contributed by atoms with E-state index in [1.54, 1.807) is 30.9 Å². The highest BCUT2D eigenvalue weighted by Crippen LogP contribution is 2.12. The van der Waals surface area contributed by atoms with Crippen molar-refractivity contribution in [3.05, 3.63) is 36.5 Å². The zero-order valence-electron chi connectivity index (χ0n) is 10.2. The Balaban J connectivity index is 2.12. The third-order valence-corrected chi connectivity index (χ3v) is 3.10.